The monoisotopic (exact) mass is 784 g/mol. The molecule has 298 valence electrons. The quantitative estimate of drug-likeness (QED) is 0.0555. The van der Waals surface area contributed by atoms with Gasteiger partial charge in [0.05, 0.1) is 41.1 Å². The van der Waals surface area contributed by atoms with Gasteiger partial charge in [0.1, 0.15) is 17.2 Å². The molecule has 1 unspecified atom stereocenters. The molecule has 2 aliphatic heterocycles. The van der Waals surface area contributed by atoms with Crippen molar-refractivity contribution in [3.8, 4) is 17.2 Å². The summed E-state index contributed by atoms with van der Waals surface area (Å²) in [6.45, 7) is 5.16. The molecule has 2 aliphatic carbocycles. The molecule has 12 heteroatoms. The lowest BCUT2D eigenvalue weighted by Crippen LogP contribution is -2.64. The smallest absolute Gasteiger partial charge is 0.273 e. The van der Waals surface area contributed by atoms with Gasteiger partial charge in [0.15, 0.2) is 0 Å². The zero-order valence-corrected chi connectivity index (χ0v) is 32.5. The lowest BCUT2D eigenvalue weighted by molar-refractivity contribution is -0.384. The summed E-state index contributed by atoms with van der Waals surface area (Å²) in [6, 6.07) is 22.2. The standard InChI is InChI=1S/C44H52N2O9S/c1-2-24-52-44-40(56-34-16-4-3-5-17-34)29-38(45-55-41-19-8-11-25-51-41)36-26-30(13-6-9-22-47)35(18-7-10-23-48)42(43(36)44)37-28-33(20-21-39(37)54-44)53-32-15-12-14-31(27-32)46(49)50/h2-5,12,14-17,20-21,26-28,30,35,40-43,47-48H,1,6-11,13,18-19,22-25,29H2/t30-,35+,40-,41?,42+,43+,44+/m0/s1. The van der Waals surface area contributed by atoms with Crippen LogP contribution in [0, 0.1) is 27.9 Å². The predicted molar refractivity (Wildman–Crippen MR) is 215 cm³/mol. The number of rotatable bonds is 18. The van der Waals surface area contributed by atoms with E-state index in [0.29, 0.717) is 43.1 Å². The highest BCUT2D eigenvalue weighted by Gasteiger charge is 2.64. The number of hydrogen-bond donors (Lipinski definition) is 2. The number of thioether (sulfide) groups is 1. The molecular formula is C44H52N2O9S. The number of fused-ring (bicyclic) bond motifs is 2. The van der Waals surface area contributed by atoms with Crippen LogP contribution in [-0.2, 0) is 14.3 Å². The van der Waals surface area contributed by atoms with Crippen LogP contribution in [0.4, 0.5) is 5.69 Å². The number of aliphatic hydroxyl groups excluding tert-OH is 2. The first kappa shape index (κ1) is 40.0. The van der Waals surface area contributed by atoms with Gasteiger partial charge in [-0.1, -0.05) is 54.4 Å². The van der Waals surface area contributed by atoms with Crippen molar-refractivity contribution in [2.45, 2.75) is 92.3 Å². The zero-order chi connectivity index (χ0) is 38.9. The van der Waals surface area contributed by atoms with Gasteiger partial charge in [-0.3, -0.25) is 10.1 Å². The van der Waals surface area contributed by atoms with Gasteiger partial charge < -0.3 is 34.0 Å². The highest BCUT2D eigenvalue weighted by molar-refractivity contribution is 8.00. The van der Waals surface area contributed by atoms with Gasteiger partial charge in [0.2, 0.25) is 12.1 Å². The van der Waals surface area contributed by atoms with Crippen molar-refractivity contribution in [2.75, 3.05) is 26.4 Å². The molecule has 0 amide bonds. The predicted octanol–water partition coefficient (Wildman–Crippen LogP) is 9.34. The van der Waals surface area contributed by atoms with Crippen molar-refractivity contribution in [2.24, 2.45) is 22.9 Å². The van der Waals surface area contributed by atoms with E-state index in [1.54, 1.807) is 30.0 Å². The van der Waals surface area contributed by atoms with Gasteiger partial charge >= 0.3 is 0 Å². The number of nitro benzene ring substituents is 1. The van der Waals surface area contributed by atoms with E-state index in [1.165, 1.54) is 12.1 Å². The number of hydrogen-bond acceptors (Lipinski definition) is 11. The van der Waals surface area contributed by atoms with Crippen molar-refractivity contribution < 1.29 is 38.9 Å². The van der Waals surface area contributed by atoms with Crippen LogP contribution in [0.2, 0.25) is 0 Å². The number of nitro groups is 1. The molecule has 2 N–H and O–H groups in total. The summed E-state index contributed by atoms with van der Waals surface area (Å²) in [5, 5.41) is 36.0. The second kappa shape index (κ2) is 18.8. The first-order chi connectivity index (χ1) is 27.4. The van der Waals surface area contributed by atoms with Crippen LogP contribution in [0.15, 0.2) is 107 Å². The maximum atomic E-state index is 11.6. The first-order valence-electron chi connectivity index (χ1n) is 19.9. The van der Waals surface area contributed by atoms with Crippen LogP contribution in [0.1, 0.15) is 75.7 Å². The third-order valence-corrected chi connectivity index (χ3v) is 12.6. The van der Waals surface area contributed by atoms with Gasteiger partial charge in [0, 0.05) is 48.5 Å². The summed E-state index contributed by atoms with van der Waals surface area (Å²) in [7, 11) is 0. The van der Waals surface area contributed by atoms with E-state index in [0.717, 1.165) is 66.7 Å². The molecule has 56 heavy (non-hydrogen) atoms. The fourth-order valence-electron chi connectivity index (χ4n) is 8.86. The number of ether oxygens (including phenoxy) is 4. The number of nitrogens with zero attached hydrogens (tertiary/aromatic N) is 2. The largest absolute Gasteiger partial charge is 0.460 e. The SMILES string of the molecule is C=CCO[C@@]12Oc3ccc(Oc4cccc([N+](=O)[O-])c4)cc3[C@H]3[C@H](CCCCO)[C@@H](CCCCO)C=C(C(=NOC4CCCCO4)C[C@@H]1Sc1ccccc1)[C@H]32. The average Bonchev–Trinajstić information content (AvgIpc) is 3.22. The number of non-ortho nitro benzene ring substituents is 1. The van der Waals surface area contributed by atoms with E-state index in [-0.39, 0.29) is 54.4 Å². The molecule has 2 heterocycles. The molecule has 7 rings (SSSR count). The molecule has 1 saturated carbocycles. The fourth-order valence-corrected chi connectivity index (χ4v) is 10.2. The molecule has 1 saturated heterocycles. The molecule has 3 aromatic carbocycles. The average molecular weight is 785 g/mol. The Kier molecular flexibility index (Phi) is 13.5. The molecule has 0 bridgehead atoms. The van der Waals surface area contributed by atoms with Crippen molar-refractivity contribution >= 4 is 23.2 Å². The Balaban J connectivity index is 1.40. The molecule has 0 radical (unpaired) electrons. The Labute approximate surface area is 332 Å². The Morgan fingerprint density at radius 1 is 0.982 bits per heavy atom. The Morgan fingerprint density at radius 3 is 2.54 bits per heavy atom. The number of benzene rings is 3. The van der Waals surface area contributed by atoms with Gasteiger partial charge in [0.25, 0.3) is 5.69 Å². The van der Waals surface area contributed by atoms with Crippen LogP contribution in [0.5, 0.6) is 17.2 Å². The Bertz CT molecular complexity index is 1870. The Hall–Kier alpha value is -4.20. The van der Waals surface area contributed by atoms with E-state index in [1.807, 2.05) is 36.4 Å². The molecule has 2 fully saturated rings. The summed E-state index contributed by atoms with van der Waals surface area (Å²) in [6.07, 6.45) is 11.8. The minimum Gasteiger partial charge on any atom is -0.460 e. The lowest BCUT2D eigenvalue weighted by Gasteiger charge is -2.58. The molecule has 7 atom stereocenters. The summed E-state index contributed by atoms with van der Waals surface area (Å²) in [5.41, 5.74) is 2.78. The van der Waals surface area contributed by atoms with Gasteiger partial charge in [-0.05, 0) is 92.3 Å². The summed E-state index contributed by atoms with van der Waals surface area (Å²) in [4.78, 5) is 18.4. The third kappa shape index (κ3) is 8.84. The third-order valence-electron chi connectivity index (χ3n) is 11.3. The topological polar surface area (TPSA) is 142 Å². The minimum absolute atomic E-state index is 0.0542. The van der Waals surface area contributed by atoms with Crippen molar-refractivity contribution in [1.82, 2.24) is 0 Å². The van der Waals surface area contributed by atoms with E-state index in [4.69, 9.17) is 28.9 Å². The zero-order valence-electron chi connectivity index (χ0n) is 31.7. The summed E-state index contributed by atoms with van der Waals surface area (Å²) < 4.78 is 26.6. The number of unbranched alkanes of at least 4 members (excludes halogenated alkanes) is 2. The van der Waals surface area contributed by atoms with Crippen LogP contribution in [0.25, 0.3) is 0 Å². The molecular weight excluding hydrogens is 733 g/mol. The second-order valence-electron chi connectivity index (χ2n) is 14.9. The van der Waals surface area contributed by atoms with Crippen molar-refractivity contribution in [3.05, 3.63) is 113 Å². The van der Waals surface area contributed by atoms with E-state index < -0.39 is 17.0 Å². The molecule has 3 aromatic rings. The normalized spacial score (nSPS) is 27.3. The number of aliphatic hydroxyl groups is 2. The van der Waals surface area contributed by atoms with Gasteiger partial charge in [-0.15, -0.1) is 18.3 Å². The van der Waals surface area contributed by atoms with Crippen molar-refractivity contribution in [1.29, 1.82) is 0 Å². The fraction of sp³-hybridized carbons (Fsp3) is 0.477. The van der Waals surface area contributed by atoms with Gasteiger partial charge in [-0.2, -0.15) is 0 Å². The molecule has 0 aromatic heterocycles. The van der Waals surface area contributed by atoms with Gasteiger partial charge in [-0.25, -0.2) is 0 Å². The van der Waals surface area contributed by atoms with Crippen LogP contribution in [-0.4, -0.2) is 64.6 Å². The molecule has 0 spiro atoms. The lowest BCUT2D eigenvalue weighted by atomic mass is 9.56. The highest BCUT2D eigenvalue weighted by atomic mass is 32.2. The van der Waals surface area contributed by atoms with E-state index in [9.17, 15) is 20.3 Å². The summed E-state index contributed by atoms with van der Waals surface area (Å²) >= 11 is 1.71. The Morgan fingerprint density at radius 2 is 1.79 bits per heavy atom. The van der Waals surface area contributed by atoms with E-state index in [2.05, 4.69) is 24.8 Å². The van der Waals surface area contributed by atoms with Crippen LogP contribution >= 0.6 is 11.8 Å². The van der Waals surface area contributed by atoms with Crippen LogP contribution < -0.4 is 9.47 Å². The number of oxime groups is 1. The first-order valence-corrected chi connectivity index (χ1v) is 20.8. The maximum absolute atomic E-state index is 11.6. The van der Waals surface area contributed by atoms with Crippen molar-refractivity contribution in [3.63, 3.8) is 0 Å². The number of allylic oxidation sites excluding steroid dienone is 1. The molecule has 11 nitrogen and oxygen atoms in total. The minimum atomic E-state index is -1.13. The highest BCUT2D eigenvalue weighted by Crippen LogP contribution is 2.63. The second-order valence-corrected chi connectivity index (χ2v) is 16.2. The molecule has 4 aliphatic rings. The van der Waals surface area contributed by atoms with Crippen LogP contribution in [0.3, 0.4) is 0 Å². The summed E-state index contributed by atoms with van der Waals surface area (Å²) in [5.74, 6) is 0.231. The maximum Gasteiger partial charge on any atom is 0.273 e. The van der Waals surface area contributed by atoms with E-state index >= 15 is 0 Å².